The van der Waals surface area contributed by atoms with Crippen molar-refractivity contribution >= 4 is 23.1 Å². The molecule has 0 radical (unpaired) electrons. The molecular weight excluding hydrogens is 344 g/mol. The minimum atomic E-state index is -0.675. The summed E-state index contributed by atoms with van der Waals surface area (Å²) in [6.07, 6.45) is -0.675. The molecule has 27 heavy (non-hydrogen) atoms. The van der Waals surface area contributed by atoms with Crippen LogP contribution in [0.25, 0.3) is 0 Å². The van der Waals surface area contributed by atoms with Gasteiger partial charge in [0, 0.05) is 18.7 Å². The highest BCUT2D eigenvalue weighted by Crippen LogP contribution is 2.26. The summed E-state index contributed by atoms with van der Waals surface area (Å²) in [6.45, 7) is 6.16. The Labute approximate surface area is 159 Å². The predicted octanol–water partition coefficient (Wildman–Crippen LogP) is 3.13. The van der Waals surface area contributed by atoms with Crippen LogP contribution in [0.4, 0.5) is 11.4 Å². The predicted molar refractivity (Wildman–Crippen MR) is 105 cm³/mol. The van der Waals surface area contributed by atoms with Crippen LogP contribution in [0.5, 0.6) is 5.75 Å². The molecule has 0 spiro atoms. The van der Waals surface area contributed by atoms with Crippen LogP contribution in [-0.4, -0.2) is 44.1 Å². The van der Waals surface area contributed by atoms with Gasteiger partial charge < -0.3 is 19.7 Å². The summed E-state index contributed by atoms with van der Waals surface area (Å²) in [5.41, 5.74) is 2.35. The van der Waals surface area contributed by atoms with Crippen LogP contribution >= 0.6 is 0 Å². The Morgan fingerprint density at radius 1 is 1.07 bits per heavy atom. The lowest BCUT2D eigenvalue weighted by Gasteiger charge is -2.30. The molecule has 142 valence electrons. The van der Waals surface area contributed by atoms with E-state index in [4.69, 9.17) is 9.47 Å². The fourth-order valence-corrected chi connectivity index (χ4v) is 2.92. The van der Waals surface area contributed by atoms with Crippen molar-refractivity contribution in [2.75, 3.05) is 36.5 Å². The summed E-state index contributed by atoms with van der Waals surface area (Å²) in [4.78, 5) is 26.1. The summed E-state index contributed by atoms with van der Waals surface area (Å²) in [5, 5.41) is 2.96. The Hall–Kier alpha value is -2.86. The van der Waals surface area contributed by atoms with Crippen LogP contribution in [-0.2, 0) is 9.53 Å². The number of ketones is 1. The van der Waals surface area contributed by atoms with E-state index in [0.29, 0.717) is 24.5 Å². The fourth-order valence-electron chi connectivity index (χ4n) is 2.92. The van der Waals surface area contributed by atoms with Crippen molar-refractivity contribution in [3.05, 3.63) is 54.1 Å². The minimum absolute atomic E-state index is 0.00735. The molecule has 6 heteroatoms. The normalized spacial score (nSPS) is 15.1. The van der Waals surface area contributed by atoms with Crippen LogP contribution in [0, 0.1) is 0 Å². The average molecular weight is 368 g/mol. The molecule has 1 amide bonds. The Kier molecular flexibility index (Phi) is 6.08. The molecule has 2 aromatic rings. The molecule has 1 heterocycles. The van der Waals surface area contributed by atoms with E-state index in [2.05, 4.69) is 10.2 Å². The zero-order chi connectivity index (χ0) is 19.2. The molecule has 1 N–H and O–H groups in total. The topological polar surface area (TPSA) is 67.9 Å². The van der Waals surface area contributed by atoms with Gasteiger partial charge in [-0.15, -0.1) is 0 Å². The molecule has 6 nitrogen and oxygen atoms in total. The second kappa shape index (κ2) is 8.68. The number of Topliss-reactive ketones (excluding diaryl/α,β-unsaturated/α-hetero) is 1. The third-order valence-corrected chi connectivity index (χ3v) is 4.46. The number of ether oxygens (including phenoxy) is 2. The minimum Gasteiger partial charge on any atom is -0.481 e. The van der Waals surface area contributed by atoms with E-state index in [0.717, 1.165) is 24.5 Å². The molecule has 0 unspecified atom stereocenters. The molecular formula is C21H24N2O4. The van der Waals surface area contributed by atoms with Crippen molar-refractivity contribution in [2.24, 2.45) is 0 Å². The number of amides is 1. The molecule has 0 aliphatic carbocycles. The van der Waals surface area contributed by atoms with E-state index in [-0.39, 0.29) is 11.7 Å². The third-order valence-electron chi connectivity index (χ3n) is 4.46. The lowest BCUT2D eigenvalue weighted by Crippen LogP contribution is -2.37. The van der Waals surface area contributed by atoms with Gasteiger partial charge in [-0.25, -0.2) is 0 Å². The van der Waals surface area contributed by atoms with Gasteiger partial charge in [-0.05, 0) is 50.2 Å². The lowest BCUT2D eigenvalue weighted by atomic mass is 10.1. The number of para-hydroxylation sites is 2. The smallest absolute Gasteiger partial charge is 0.265 e. The number of morpholine rings is 1. The highest BCUT2D eigenvalue weighted by atomic mass is 16.5. The zero-order valence-electron chi connectivity index (χ0n) is 15.6. The van der Waals surface area contributed by atoms with E-state index in [1.165, 1.54) is 6.92 Å². The van der Waals surface area contributed by atoms with Gasteiger partial charge in [0.2, 0.25) is 0 Å². The van der Waals surface area contributed by atoms with Gasteiger partial charge in [-0.3, -0.25) is 9.59 Å². The number of hydrogen-bond donors (Lipinski definition) is 1. The summed E-state index contributed by atoms with van der Waals surface area (Å²) in [6, 6.07) is 14.5. The maximum absolute atomic E-state index is 12.6. The van der Waals surface area contributed by atoms with Crippen LogP contribution in [0.15, 0.2) is 48.5 Å². The van der Waals surface area contributed by atoms with E-state index in [1.54, 1.807) is 31.2 Å². The maximum Gasteiger partial charge on any atom is 0.265 e. The van der Waals surface area contributed by atoms with E-state index < -0.39 is 6.10 Å². The molecule has 1 aliphatic rings. The maximum atomic E-state index is 12.6. The van der Waals surface area contributed by atoms with Gasteiger partial charge in [-0.2, -0.15) is 0 Å². The van der Waals surface area contributed by atoms with Crippen molar-refractivity contribution in [1.29, 1.82) is 0 Å². The number of nitrogens with one attached hydrogen (secondary N) is 1. The SMILES string of the molecule is CC(=O)c1ccc(O[C@@H](C)C(=O)Nc2ccccc2N2CCOCC2)cc1. The second-order valence-corrected chi connectivity index (χ2v) is 6.45. The van der Waals surface area contributed by atoms with Gasteiger partial charge in [0.1, 0.15) is 5.75 Å². The lowest BCUT2D eigenvalue weighted by molar-refractivity contribution is -0.122. The van der Waals surface area contributed by atoms with E-state index in [9.17, 15) is 9.59 Å². The molecule has 2 aromatic carbocycles. The zero-order valence-corrected chi connectivity index (χ0v) is 15.6. The molecule has 1 aliphatic heterocycles. The molecule has 0 saturated carbocycles. The Morgan fingerprint density at radius 2 is 1.74 bits per heavy atom. The van der Waals surface area contributed by atoms with Crippen LogP contribution in [0.3, 0.4) is 0 Å². The highest BCUT2D eigenvalue weighted by Gasteiger charge is 2.19. The quantitative estimate of drug-likeness (QED) is 0.794. The number of nitrogens with zero attached hydrogens (tertiary/aromatic N) is 1. The first-order valence-electron chi connectivity index (χ1n) is 9.05. The number of hydrogen-bond acceptors (Lipinski definition) is 5. The van der Waals surface area contributed by atoms with Gasteiger partial charge in [0.25, 0.3) is 5.91 Å². The van der Waals surface area contributed by atoms with Crippen LogP contribution < -0.4 is 15.0 Å². The molecule has 0 bridgehead atoms. The summed E-state index contributed by atoms with van der Waals surface area (Å²) in [7, 11) is 0. The molecule has 1 saturated heterocycles. The molecule has 1 fully saturated rings. The monoisotopic (exact) mass is 368 g/mol. The van der Waals surface area contributed by atoms with Crippen molar-refractivity contribution < 1.29 is 19.1 Å². The number of carbonyl (C=O) groups excluding carboxylic acids is 2. The first-order valence-corrected chi connectivity index (χ1v) is 9.05. The molecule has 0 aromatic heterocycles. The van der Waals surface area contributed by atoms with Gasteiger partial charge in [0.15, 0.2) is 11.9 Å². The third kappa shape index (κ3) is 4.86. The van der Waals surface area contributed by atoms with Crippen molar-refractivity contribution in [1.82, 2.24) is 0 Å². The van der Waals surface area contributed by atoms with Crippen molar-refractivity contribution in [2.45, 2.75) is 20.0 Å². The first kappa shape index (κ1) is 18.9. The number of benzene rings is 2. The molecule has 3 rings (SSSR count). The summed E-state index contributed by atoms with van der Waals surface area (Å²) in [5.74, 6) is 0.308. The first-order chi connectivity index (χ1) is 13.0. The second-order valence-electron chi connectivity index (χ2n) is 6.45. The molecule has 1 atom stereocenters. The Morgan fingerprint density at radius 3 is 2.41 bits per heavy atom. The Bertz CT molecular complexity index is 798. The van der Waals surface area contributed by atoms with Crippen molar-refractivity contribution in [3.63, 3.8) is 0 Å². The number of anilines is 2. The fraction of sp³-hybridized carbons (Fsp3) is 0.333. The van der Waals surface area contributed by atoms with E-state index in [1.807, 2.05) is 24.3 Å². The van der Waals surface area contributed by atoms with E-state index >= 15 is 0 Å². The number of carbonyl (C=O) groups is 2. The van der Waals surface area contributed by atoms with Crippen LogP contribution in [0.2, 0.25) is 0 Å². The summed E-state index contributed by atoms with van der Waals surface area (Å²) >= 11 is 0. The van der Waals surface area contributed by atoms with Gasteiger partial charge in [0.05, 0.1) is 24.6 Å². The van der Waals surface area contributed by atoms with Crippen molar-refractivity contribution in [3.8, 4) is 5.75 Å². The van der Waals surface area contributed by atoms with Gasteiger partial charge >= 0.3 is 0 Å². The standard InChI is InChI=1S/C21H24N2O4/c1-15(24)17-7-9-18(10-8-17)27-16(2)21(25)22-19-5-3-4-6-20(19)23-11-13-26-14-12-23/h3-10,16H,11-14H2,1-2H3,(H,22,25)/t16-/m0/s1. The average Bonchev–Trinajstić information content (AvgIpc) is 2.69. The summed E-state index contributed by atoms with van der Waals surface area (Å²) < 4.78 is 11.1. The largest absolute Gasteiger partial charge is 0.481 e. The highest BCUT2D eigenvalue weighted by molar-refractivity contribution is 5.97. The number of rotatable bonds is 6. The van der Waals surface area contributed by atoms with Gasteiger partial charge in [-0.1, -0.05) is 12.1 Å². The van der Waals surface area contributed by atoms with Crippen LogP contribution in [0.1, 0.15) is 24.2 Å². The Balaban J connectivity index is 1.65.